The molecule has 2 aromatic carbocycles. The highest BCUT2D eigenvalue weighted by Crippen LogP contribution is 2.34. The zero-order valence-electron chi connectivity index (χ0n) is 13.5. The van der Waals surface area contributed by atoms with Crippen molar-refractivity contribution in [3.05, 3.63) is 53.8 Å². The normalized spacial score (nSPS) is 11.9. The van der Waals surface area contributed by atoms with Crippen LogP contribution in [0.3, 0.4) is 0 Å². The number of ether oxygens (including phenoxy) is 2. The number of anilines is 1. The number of sulfonamides is 1. The van der Waals surface area contributed by atoms with Crippen LogP contribution in [0.15, 0.2) is 53.7 Å². The molecule has 0 atom stereocenters. The highest BCUT2D eigenvalue weighted by molar-refractivity contribution is 7.93. The molecule has 0 radical (unpaired) electrons. The lowest BCUT2D eigenvalue weighted by Gasteiger charge is -2.12. The van der Waals surface area contributed by atoms with Gasteiger partial charge in [-0.05, 0) is 36.4 Å². The monoisotopic (exact) mass is 451 g/mol. The minimum absolute atomic E-state index is 0.0398. The molecule has 0 amide bonds. The zero-order chi connectivity index (χ0) is 20.4. The number of aromatic nitrogens is 2. The van der Waals surface area contributed by atoms with Crippen LogP contribution in [0.2, 0.25) is 5.02 Å². The summed E-state index contributed by atoms with van der Waals surface area (Å²) in [5, 5.41) is -0.175. The molecule has 1 heterocycles. The van der Waals surface area contributed by atoms with Crippen LogP contribution in [0, 0.1) is 0 Å². The van der Waals surface area contributed by atoms with Gasteiger partial charge in [0.15, 0.2) is 0 Å². The van der Waals surface area contributed by atoms with Gasteiger partial charge in [0.1, 0.15) is 23.6 Å². The molecular weight excluding hydrogens is 443 g/mol. The highest BCUT2D eigenvalue weighted by atomic mass is 35.5. The summed E-state index contributed by atoms with van der Waals surface area (Å²) in [6, 6.07) is 8.73. The lowest BCUT2D eigenvalue weighted by molar-refractivity contribution is -0.274. The molecule has 3 rings (SSSR count). The van der Waals surface area contributed by atoms with E-state index in [4.69, 9.17) is 16.3 Å². The Labute approximate surface area is 165 Å². The summed E-state index contributed by atoms with van der Waals surface area (Å²) in [6.07, 6.45) is -3.65. The van der Waals surface area contributed by atoms with Crippen molar-refractivity contribution in [2.45, 2.75) is 11.3 Å². The fraction of sp³-hybridized carbons (Fsp3) is 0.0667. The van der Waals surface area contributed by atoms with Gasteiger partial charge in [0.05, 0.1) is 9.92 Å². The summed E-state index contributed by atoms with van der Waals surface area (Å²) in [5.74, 6) is -0.178. The number of nitrogens with one attached hydrogen (secondary N) is 1. The Hall–Kier alpha value is -2.57. The second-order valence-electron chi connectivity index (χ2n) is 5.07. The third-order valence-corrected chi connectivity index (χ3v) is 5.44. The fourth-order valence-electron chi connectivity index (χ4n) is 1.97. The molecule has 3 aromatic rings. The van der Waals surface area contributed by atoms with Crippen molar-refractivity contribution in [1.29, 1.82) is 0 Å². The van der Waals surface area contributed by atoms with E-state index in [1.54, 1.807) is 0 Å². The molecule has 0 aliphatic rings. The Kier molecular flexibility index (Phi) is 5.63. The van der Waals surface area contributed by atoms with Crippen molar-refractivity contribution >= 4 is 38.3 Å². The standard InChI is InChI=1S/C15H9ClF3N3O4S2/c16-12-7-10(3-6-13(12)26-15(17,18)19)25-9-1-4-11(5-2-9)28(23,24)22-14-20-8-21-27-14/h1-8H,(H,20,21,22). The molecule has 0 aliphatic carbocycles. The molecule has 0 unspecified atom stereocenters. The van der Waals surface area contributed by atoms with E-state index in [1.165, 1.54) is 36.7 Å². The highest BCUT2D eigenvalue weighted by Gasteiger charge is 2.32. The predicted molar refractivity (Wildman–Crippen MR) is 95.4 cm³/mol. The number of hydrogen-bond donors (Lipinski definition) is 1. The number of hydrogen-bond acceptors (Lipinski definition) is 7. The van der Waals surface area contributed by atoms with Crippen molar-refractivity contribution < 1.29 is 31.1 Å². The average molecular weight is 452 g/mol. The van der Waals surface area contributed by atoms with Crippen LogP contribution in [0.4, 0.5) is 18.3 Å². The van der Waals surface area contributed by atoms with Gasteiger partial charge < -0.3 is 9.47 Å². The Morgan fingerprint density at radius 2 is 1.75 bits per heavy atom. The number of alkyl halides is 3. The first kappa shape index (κ1) is 20.2. The molecule has 0 saturated heterocycles. The van der Waals surface area contributed by atoms with Gasteiger partial charge in [-0.1, -0.05) is 11.6 Å². The number of rotatable bonds is 6. The van der Waals surface area contributed by atoms with Crippen molar-refractivity contribution in [1.82, 2.24) is 9.36 Å². The maximum Gasteiger partial charge on any atom is 0.573 e. The third kappa shape index (κ3) is 5.24. The average Bonchev–Trinajstić information content (AvgIpc) is 3.09. The summed E-state index contributed by atoms with van der Waals surface area (Å²) in [5.41, 5.74) is 0. The molecule has 13 heteroatoms. The smallest absolute Gasteiger partial charge is 0.457 e. The Morgan fingerprint density at radius 1 is 1.07 bits per heavy atom. The van der Waals surface area contributed by atoms with Crippen LogP contribution in [-0.2, 0) is 10.0 Å². The van der Waals surface area contributed by atoms with E-state index >= 15 is 0 Å². The number of nitrogens with zero attached hydrogens (tertiary/aromatic N) is 2. The topological polar surface area (TPSA) is 90.4 Å². The Balaban J connectivity index is 1.71. The van der Waals surface area contributed by atoms with Gasteiger partial charge in [-0.3, -0.25) is 4.72 Å². The van der Waals surface area contributed by atoms with Crippen LogP contribution < -0.4 is 14.2 Å². The number of halogens is 4. The van der Waals surface area contributed by atoms with E-state index < -0.39 is 22.1 Å². The summed E-state index contributed by atoms with van der Waals surface area (Å²) in [4.78, 5) is 3.70. The minimum Gasteiger partial charge on any atom is -0.457 e. The molecule has 1 N–H and O–H groups in total. The van der Waals surface area contributed by atoms with Crippen molar-refractivity contribution in [3.63, 3.8) is 0 Å². The second kappa shape index (κ2) is 7.81. The van der Waals surface area contributed by atoms with Gasteiger partial charge in [-0.2, -0.15) is 4.37 Å². The maximum absolute atomic E-state index is 12.2. The first-order valence-electron chi connectivity index (χ1n) is 7.25. The first-order valence-corrected chi connectivity index (χ1v) is 9.88. The van der Waals surface area contributed by atoms with E-state index in [-0.39, 0.29) is 26.5 Å². The zero-order valence-corrected chi connectivity index (χ0v) is 15.9. The van der Waals surface area contributed by atoms with Gasteiger partial charge >= 0.3 is 6.36 Å². The first-order chi connectivity index (χ1) is 13.1. The van der Waals surface area contributed by atoms with Gasteiger partial charge in [0.2, 0.25) is 5.13 Å². The quantitative estimate of drug-likeness (QED) is 0.585. The summed E-state index contributed by atoms with van der Waals surface area (Å²) in [6.45, 7) is 0. The SMILES string of the molecule is O=S(=O)(Nc1ncns1)c1ccc(Oc2ccc(OC(F)(F)F)c(Cl)c2)cc1. The second-order valence-corrected chi connectivity index (χ2v) is 7.94. The van der Waals surface area contributed by atoms with E-state index in [9.17, 15) is 21.6 Å². The molecule has 0 spiro atoms. The summed E-state index contributed by atoms with van der Waals surface area (Å²) >= 11 is 6.64. The molecule has 28 heavy (non-hydrogen) atoms. The van der Waals surface area contributed by atoms with Crippen LogP contribution in [0.25, 0.3) is 0 Å². The van der Waals surface area contributed by atoms with Crippen LogP contribution >= 0.6 is 23.1 Å². The van der Waals surface area contributed by atoms with Crippen molar-refractivity contribution in [3.8, 4) is 17.2 Å². The van der Waals surface area contributed by atoms with Crippen molar-refractivity contribution in [2.75, 3.05) is 4.72 Å². The van der Waals surface area contributed by atoms with Crippen molar-refractivity contribution in [2.24, 2.45) is 0 Å². The molecular formula is C15H9ClF3N3O4S2. The van der Waals surface area contributed by atoms with Gasteiger partial charge in [-0.15, -0.1) is 13.2 Å². The van der Waals surface area contributed by atoms with E-state index in [0.717, 1.165) is 23.7 Å². The molecule has 0 aliphatic heterocycles. The van der Waals surface area contributed by atoms with E-state index in [0.29, 0.717) is 0 Å². The third-order valence-electron chi connectivity index (χ3n) is 3.08. The van der Waals surface area contributed by atoms with Gasteiger partial charge in [-0.25, -0.2) is 13.4 Å². The predicted octanol–water partition coefficient (Wildman–Crippen LogP) is 4.68. The number of benzene rings is 2. The Bertz CT molecular complexity index is 1060. The van der Waals surface area contributed by atoms with E-state index in [1.807, 2.05) is 0 Å². The fourth-order valence-corrected chi connectivity index (χ4v) is 3.84. The molecule has 148 valence electrons. The maximum atomic E-state index is 12.2. The van der Waals surface area contributed by atoms with Gasteiger partial charge in [0, 0.05) is 17.6 Å². The summed E-state index contributed by atoms with van der Waals surface area (Å²) < 4.78 is 76.4. The lowest BCUT2D eigenvalue weighted by atomic mass is 10.3. The molecule has 7 nitrogen and oxygen atoms in total. The molecule has 0 bridgehead atoms. The molecule has 0 saturated carbocycles. The van der Waals surface area contributed by atoms with Crippen LogP contribution in [0.1, 0.15) is 0 Å². The molecule has 1 aromatic heterocycles. The van der Waals surface area contributed by atoms with Gasteiger partial charge in [0.25, 0.3) is 10.0 Å². The minimum atomic E-state index is -4.87. The molecule has 0 fully saturated rings. The Morgan fingerprint density at radius 3 is 2.32 bits per heavy atom. The largest absolute Gasteiger partial charge is 0.573 e. The van der Waals surface area contributed by atoms with Crippen LogP contribution in [-0.4, -0.2) is 24.1 Å². The summed E-state index contributed by atoms with van der Waals surface area (Å²) in [7, 11) is -3.84. The van der Waals surface area contributed by atoms with E-state index in [2.05, 4.69) is 18.8 Å². The lowest BCUT2D eigenvalue weighted by Crippen LogP contribution is -2.17. The van der Waals surface area contributed by atoms with Crippen LogP contribution in [0.5, 0.6) is 17.2 Å².